The second kappa shape index (κ2) is 6.57. The van der Waals surface area contributed by atoms with Gasteiger partial charge < -0.3 is 0 Å². The second-order valence-electron chi connectivity index (χ2n) is 7.51. The maximum Gasteiger partial charge on any atom is 0.123 e. The molecular formula is C26H14F2S2. The van der Waals surface area contributed by atoms with Crippen molar-refractivity contribution in [3.8, 4) is 11.8 Å². The zero-order valence-corrected chi connectivity index (χ0v) is 17.3. The lowest BCUT2D eigenvalue weighted by atomic mass is 9.68. The Kier molecular flexibility index (Phi) is 3.93. The van der Waals surface area contributed by atoms with Gasteiger partial charge in [-0.3, -0.25) is 0 Å². The first kappa shape index (κ1) is 17.9. The average Bonchev–Trinajstić information content (AvgIpc) is 3.28. The largest absolute Gasteiger partial charge is 0.207 e. The Morgan fingerprint density at radius 2 is 1.60 bits per heavy atom. The molecule has 1 aromatic heterocycles. The molecule has 6 rings (SSSR count). The highest BCUT2D eigenvalue weighted by atomic mass is 32.2. The van der Waals surface area contributed by atoms with Crippen molar-refractivity contribution in [2.45, 2.75) is 15.6 Å². The summed E-state index contributed by atoms with van der Waals surface area (Å²) in [4.78, 5) is 1.24. The van der Waals surface area contributed by atoms with Crippen LogP contribution < -0.4 is 0 Å². The molecule has 2 unspecified atom stereocenters. The predicted molar refractivity (Wildman–Crippen MR) is 121 cm³/mol. The number of halogens is 2. The van der Waals surface area contributed by atoms with Gasteiger partial charge in [0.15, 0.2) is 0 Å². The quantitative estimate of drug-likeness (QED) is 0.288. The third kappa shape index (κ3) is 2.66. The Morgan fingerprint density at radius 1 is 0.867 bits per heavy atom. The van der Waals surface area contributed by atoms with Gasteiger partial charge in [-0.2, -0.15) is 0 Å². The highest BCUT2D eigenvalue weighted by molar-refractivity contribution is 8.02. The summed E-state index contributed by atoms with van der Waals surface area (Å²) in [6.07, 6.45) is 2.25. The van der Waals surface area contributed by atoms with Gasteiger partial charge in [0.2, 0.25) is 0 Å². The van der Waals surface area contributed by atoms with Gasteiger partial charge in [0, 0.05) is 21.1 Å². The molecule has 4 aromatic rings. The summed E-state index contributed by atoms with van der Waals surface area (Å²) in [6, 6.07) is 19.6. The number of thioether (sulfide) groups is 1. The number of fused-ring (bicyclic) bond motifs is 4. The van der Waals surface area contributed by atoms with Crippen LogP contribution in [-0.4, -0.2) is 4.75 Å². The van der Waals surface area contributed by atoms with Crippen molar-refractivity contribution in [3.63, 3.8) is 0 Å². The summed E-state index contributed by atoms with van der Waals surface area (Å²) in [7, 11) is 0. The number of benzene rings is 3. The van der Waals surface area contributed by atoms with Crippen LogP contribution in [-0.2, 0) is 0 Å². The van der Waals surface area contributed by atoms with Crippen LogP contribution in [0.3, 0.4) is 0 Å². The zero-order valence-electron chi connectivity index (χ0n) is 15.7. The maximum atomic E-state index is 13.5. The fourth-order valence-corrected chi connectivity index (χ4v) is 6.60. The van der Waals surface area contributed by atoms with Crippen LogP contribution >= 0.6 is 23.1 Å². The lowest BCUT2D eigenvalue weighted by molar-refractivity contribution is 0.627. The molecule has 1 aliphatic carbocycles. The smallest absolute Gasteiger partial charge is 0.123 e. The first-order chi connectivity index (χ1) is 14.6. The fourth-order valence-electron chi connectivity index (χ4n) is 4.22. The van der Waals surface area contributed by atoms with Gasteiger partial charge in [0.1, 0.15) is 16.4 Å². The molecule has 1 aliphatic heterocycles. The van der Waals surface area contributed by atoms with Crippen LogP contribution in [0.5, 0.6) is 0 Å². The van der Waals surface area contributed by atoms with E-state index in [9.17, 15) is 8.78 Å². The Hall–Kier alpha value is -2.87. The van der Waals surface area contributed by atoms with E-state index >= 15 is 0 Å². The lowest BCUT2D eigenvalue weighted by Crippen LogP contribution is -2.36. The molecule has 30 heavy (non-hydrogen) atoms. The van der Waals surface area contributed by atoms with E-state index in [1.54, 1.807) is 35.2 Å². The first-order valence-corrected chi connectivity index (χ1v) is 11.3. The SMILES string of the molecule is Fc1ccc(C#CC23Sc4cc5ccsc5cc4C2C=C3c2ccc(F)cc2)cc1. The zero-order chi connectivity index (χ0) is 20.3. The number of rotatable bonds is 1. The summed E-state index contributed by atoms with van der Waals surface area (Å²) in [5.74, 6) is 6.45. The molecule has 4 heteroatoms. The van der Waals surface area contributed by atoms with Crippen molar-refractivity contribution >= 4 is 38.8 Å². The Labute approximate surface area is 181 Å². The number of thiophene rings is 1. The number of hydrogen-bond donors (Lipinski definition) is 0. The van der Waals surface area contributed by atoms with Gasteiger partial charge in [-0.05, 0) is 82.1 Å². The molecular weight excluding hydrogens is 414 g/mol. The highest BCUT2D eigenvalue weighted by Gasteiger charge is 2.54. The normalized spacial score (nSPS) is 21.3. The van der Waals surface area contributed by atoms with Gasteiger partial charge >= 0.3 is 0 Å². The van der Waals surface area contributed by atoms with Gasteiger partial charge in [-0.25, -0.2) is 8.78 Å². The van der Waals surface area contributed by atoms with Crippen molar-refractivity contribution in [2.24, 2.45) is 0 Å². The topological polar surface area (TPSA) is 0 Å². The van der Waals surface area contributed by atoms with Gasteiger partial charge in [-0.1, -0.05) is 41.8 Å². The average molecular weight is 429 g/mol. The maximum absolute atomic E-state index is 13.5. The van der Waals surface area contributed by atoms with E-state index in [4.69, 9.17) is 0 Å². The standard InChI is InChI=1S/C26H14F2S2/c27-19-5-1-16(2-6-19)9-11-26-22(17-3-7-20(28)8-4-17)15-23(26)21-14-24-18(10-12-29-24)13-25(21)30-26/h1-8,10,12-15,23H. The van der Waals surface area contributed by atoms with Crippen molar-refractivity contribution in [1.82, 2.24) is 0 Å². The molecule has 0 saturated carbocycles. The fraction of sp³-hybridized carbons (Fsp3) is 0.0769. The van der Waals surface area contributed by atoms with Crippen LogP contribution in [0.2, 0.25) is 0 Å². The van der Waals surface area contributed by atoms with E-state index in [1.807, 2.05) is 12.1 Å². The Bertz CT molecular complexity index is 1390. The highest BCUT2D eigenvalue weighted by Crippen LogP contribution is 2.66. The predicted octanol–water partition coefficient (Wildman–Crippen LogP) is 7.26. The monoisotopic (exact) mass is 428 g/mol. The van der Waals surface area contributed by atoms with Crippen molar-refractivity contribution < 1.29 is 8.78 Å². The van der Waals surface area contributed by atoms with Crippen LogP contribution in [0, 0.1) is 23.5 Å². The van der Waals surface area contributed by atoms with E-state index in [2.05, 4.69) is 41.5 Å². The van der Waals surface area contributed by atoms with Crippen molar-refractivity contribution in [3.05, 3.63) is 107 Å². The van der Waals surface area contributed by atoms with E-state index in [-0.39, 0.29) is 17.6 Å². The summed E-state index contributed by atoms with van der Waals surface area (Å²) in [5, 5.41) is 3.37. The minimum Gasteiger partial charge on any atom is -0.207 e. The molecule has 0 spiro atoms. The molecule has 3 aromatic carbocycles. The molecule has 2 aliphatic rings. The van der Waals surface area contributed by atoms with Crippen LogP contribution in [0.15, 0.2) is 83.1 Å². The number of allylic oxidation sites excluding steroid dienone is 1. The first-order valence-electron chi connectivity index (χ1n) is 9.59. The molecule has 0 saturated heterocycles. The minimum atomic E-state index is -0.419. The lowest BCUT2D eigenvalue weighted by Gasteiger charge is -2.40. The second-order valence-corrected chi connectivity index (χ2v) is 9.74. The van der Waals surface area contributed by atoms with Gasteiger partial charge in [0.05, 0.1) is 0 Å². The van der Waals surface area contributed by atoms with E-state index in [0.717, 1.165) is 16.7 Å². The summed E-state index contributed by atoms with van der Waals surface area (Å²) in [5.41, 5.74) is 4.19. The number of hydrogen-bond acceptors (Lipinski definition) is 2. The summed E-state index contributed by atoms with van der Waals surface area (Å²) >= 11 is 3.52. The summed E-state index contributed by atoms with van der Waals surface area (Å²) < 4.78 is 27.6. The van der Waals surface area contributed by atoms with E-state index in [0.29, 0.717) is 0 Å². The van der Waals surface area contributed by atoms with Crippen LogP contribution in [0.1, 0.15) is 22.6 Å². The molecule has 0 amide bonds. The molecule has 144 valence electrons. The van der Waals surface area contributed by atoms with Crippen LogP contribution in [0.4, 0.5) is 8.78 Å². The molecule has 0 fully saturated rings. The third-order valence-electron chi connectivity index (χ3n) is 5.75. The third-order valence-corrected chi connectivity index (χ3v) is 8.11. The molecule has 0 radical (unpaired) electrons. The van der Waals surface area contributed by atoms with Crippen molar-refractivity contribution in [2.75, 3.05) is 0 Å². The Balaban J connectivity index is 1.49. The van der Waals surface area contributed by atoms with Gasteiger partial charge in [-0.15, -0.1) is 11.3 Å². The Morgan fingerprint density at radius 3 is 2.37 bits per heavy atom. The van der Waals surface area contributed by atoms with Crippen molar-refractivity contribution in [1.29, 1.82) is 0 Å². The summed E-state index contributed by atoms with van der Waals surface area (Å²) in [6.45, 7) is 0. The van der Waals surface area contributed by atoms with E-state index < -0.39 is 4.75 Å². The molecule has 2 atom stereocenters. The molecule has 0 N–H and O–H groups in total. The minimum absolute atomic E-state index is 0.178. The molecule has 0 bridgehead atoms. The van der Waals surface area contributed by atoms with Gasteiger partial charge in [0.25, 0.3) is 0 Å². The molecule has 2 heterocycles. The molecule has 0 nitrogen and oxygen atoms in total. The van der Waals surface area contributed by atoms with Crippen LogP contribution in [0.25, 0.3) is 15.7 Å². The van der Waals surface area contributed by atoms with E-state index in [1.165, 1.54) is 44.8 Å².